The summed E-state index contributed by atoms with van der Waals surface area (Å²) < 4.78 is 24.3. The molecule has 1 unspecified atom stereocenters. The van der Waals surface area contributed by atoms with Gasteiger partial charge in [-0.1, -0.05) is 13.0 Å². The van der Waals surface area contributed by atoms with Gasteiger partial charge in [0, 0.05) is 6.54 Å². The third-order valence-corrected chi connectivity index (χ3v) is 4.87. The molecule has 94 valence electrons. The van der Waals surface area contributed by atoms with Crippen molar-refractivity contribution >= 4 is 15.5 Å². The van der Waals surface area contributed by atoms with Crippen LogP contribution in [-0.4, -0.2) is 33.8 Å². The zero-order valence-electron chi connectivity index (χ0n) is 10.2. The maximum Gasteiger partial charge on any atom is 0.182 e. The number of benzene rings is 1. The summed E-state index contributed by atoms with van der Waals surface area (Å²) in [5.41, 5.74) is 1.79. The van der Waals surface area contributed by atoms with E-state index in [0.29, 0.717) is 11.4 Å². The van der Waals surface area contributed by atoms with Crippen molar-refractivity contribution in [3.05, 3.63) is 23.8 Å². The van der Waals surface area contributed by atoms with Gasteiger partial charge < -0.3 is 10.6 Å². The topological polar surface area (TPSA) is 58.2 Å². The molecular formula is C12H18N2O2S. The fourth-order valence-electron chi connectivity index (χ4n) is 2.14. The van der Waals surface area contributed by atoms with Gasteiger partial charge in [0.05, 0.1) is 22.4 Å². The van der Waals surface area contributed by atoms with Crippen LogP contribution in [0.3, 0.4) is 0 Å². The van der Waals surface area contributed by atoms with Gasteiger partial charge in [0.2, 0.25) is 0 Å². The van der Waals surface area contributed by atoms with Crippen molar-refractivity contribution in [1.82, 2.24) is 5.32 Å². The molecule has 1 aliphatic rings. The number of hydrogen-bond acceptors (Lipinski definition) is 4. The Morgan fingerprint density at radius 3 is 2.88 bits per heavy atom. The smallest absolute Gasteiger partial charge is 0.182 e. The number of anilines is 1. The average molecular weight is 254 g/mol. The summed E-state index contributed by atoms with van der Waals surface area (Å²) in [5, 5.41) is 6.26. The van der Waals surface area contributed by atoms with E-state index >= 15 is 0 Å². The first-order valence-electron chi connectivity index (χ1n) is 5.83. The molecular weight excluding hydrogens is 236 g/mol. The first-order valence-corrected chi connectivity index (χ1v) is 7.49. The van der Waals surface area contributed by atoms with Gasteiger partial charge in [-0.25, -0.2) is 8.42 Å². The molecule has 0 saturated carbocycles. The highest BCUT2D eigenvalue weighted by Gasteiger charge is 2.29. The van der Waals surface area contributed by atoms with Gasteiger partial charge in [0.25, 0.3) is 0 Å². The van der Waals surface area contributed by atoms with E-state index in [0.717, 1.165) is 17.7 Å². The predicted octanol–water partition coefficient (Wildman–Crippen LogP) is 1.04. The second-order valence-corrected chi connectivity index (χ2v) is 6.37. The molecule has 1 atom stereocenters. The Balaban J connectivity index is 2.42. The Labute approximate surface area is 102 Å². The highest BCUT2D eigenvalue weighted by molar-refractivity contribution is 7.91. The molecule has 4 nitrogen and oxygen atoms in total. The highest BCUT2D eigenvalue weighted by atomic mass is 32.2. The summed E-state index contributed by atoms with van der Waals surface area (Å²) in [6.07, 6.45) is 0.850. The Morgan fingerprint density at radius 2 is 2.24 bits per heavy atom. The monoisotopic (exact) mass is 254 g/mol. The molecule has 0 fully saturated rings. The molecule has 0 aromatic heterocycles. The molecule has 1 heterocycles. The van der Waals surface area contributed by atoms with Gasteiger partial charge in [-0.05, 0) is 31.2 Å². The minimum atomic E-state index is -3.15. The van der Waals surface area contributed by atoms with Gasteiger partial charge in [0.1, 0.15) is 0 Å². The largest absolute Gasteiger partial charge is 0.379 e. The first kappa shape index (κ1) is 12.4. The molecule has 0 spiro atoms. The van der Waals surface area contributed by atoms with Crippen molar-refractivity contribution in [1.29, 1.82) is 0 Å². The lowest BCUT2D eigenvalue weighted by Crippen LogP contribution is -2.40. The predicted molar refractivity (Wildman–Crippen MR) is 69.2 cm³/mol. The van der Waals surface area contributed by atoms with Crippen molar-refractivity contribution < 1.29 is 8.42 Å². The second kappa shape index (κ2) is 4.66. The Bertz CT molecular complexity index is 511. The van der Waals surface area contributed by atoms with Crippen LogP contribution in [-0.2, 0) is 16.3 Å². The third-order valence-electron chi connectivity index (χ3n) is 3.02. The Kier molecular flexibility index (Phi) is 3.40. The van der Waals surface area contributed by atoms with E-state index in [1.54, 1.807) is 6.07 Å². The summed E-state index contributed by atoms with van der Waals surface area (Å²) in [5.74, 6) is 0.161. The lowest BCUT2D eigenvalue weighted by atomic mass is 10.1. The zero-order chi connectivity index (χ0) is 12.5. The molecule has 1 aliphatic heterocycles. The normalized spacial score (nSPS) is 21.6. The van der Waals surface area contributed by atoms with Crippen LogP contribution in [0, 0.1) is 0 Å². The van der Waals surface area contributed by atoms with Crippen molar-refractivity contribution in [2.24, 2.45) is 0 Å². The van der Waals surface area contributed by atoms with E-state index < -0.39 is 9.84 Å². The van der Waals surface area contributed by atoms with Crippen LogP contribution < -0.4 is 10.6 Å². The maximum absolute atomic E-state index is 12.2. The quantitative estimate of drug-likeness (QED) is 0.846. The summed E-state index contributed by atoms with van der Waals surface area (Å²) >= 11 is 0. The number of rotatable bonds is 3. The molecule has 0 saturated heterocycles. The van der Waals surface area contributed by atoms with Crippen molar-refractivity contribution in [3.63, 3.8) is 0 Å². The van der Waals surface area contributed by atoms with E-state index in [1.165, 1.54) is 0 Å². The van der Waals surface area contributed by atoms with Crippen LogP contribution in [0.5, 0.6) is 0 Å². The molecule has 0 bridgehead atoms. The van der Waals surface area contributed by atoms with E-state index in [4.69, 9.17) is 0 Å². The number of hydrogen-bond donors (Lipinski definition) is 2. The molecule has 1 aromatic rings. The molecule has 0 amide bonds. The highest BCUT2D eigenvalue weighted by Crippen LogP contribution is 2.29. The lowest BCUT2D eigenvalue weighted by Gasteiger charge is -2.27. The average Bonchev–Trinajstić information content (AvgIpc) is 2.28. The Hall–Kier alpha value is -1.07. The van der Waals surface area contributed by atoms with Crippen LogP contribution in [0.1, 0.15) is 12.5 Å². The number of fused-ring (bicyclic) bond motifs is 1. The molecule has 2 N–H and O–H groups in total. The van der Waals surface area contributed by atoms with E-state index in [1.807, 2.05) is 26.1 Å². The number of likely N-dealkylation sites (N-methyl/N-ethyl adjacent to an activating group) is 1. The summed E-state index contributed by atoms with van der Waals surface area (Å²) in [6.45, 7) is 2.67. The summed E-state index contributed by atoms with van der Waals surface area (Å²) in [4.78, 5) is 0.448. The van der Waals surface area contributed by atoms with E-state index in [-0.39, 0.29) is 11.8 Å². The van der Waals surface area contributed by atoms with Crippen molar-refractivity contribution in [3.8, 4) is 0 Å². The zero-order valence-corrected chi connectivity index (χ0v) is 11.0. The molecule has 0 aliphatic carbocycles. The van der Waals surface area contributed by atoms with Gasteiger partial charge >= 0.3 is 0 Å². The van der Waals surface area contributed by atoms with E-state index in [2.05, 4.69) is 10.6 Å². The van der Waals surface area contributed by atoms with Crippen LogP contribution in [0.25, 0.3) is 0 Å². The van der Waals surface area contributed by atoms with Gasteiger partial charge in [-0.15, -0.1) is 0 Å². The SMILES string of the molecule is CCc1ccc2c(c1)S(=O)(=O)CC(CNC)N2. The second-order valence-electron chi connectivity index (χ2n) is 4.36. The van der Waals surface area contributed by atoms with Crippen LogP contribution in [0.4, 0.5) is 5.69 Å². The number of sulfone groups is 1. The minimum absolute atomic E-state index is 0.0509. The molecule has 1 aromatic carbocycles. The minimum Gasteiger partial charge on any atom is -0.379 e. The molecule has 5 heteroatoms. The standard InChI is InChI=1S/C12H18N2O2S/c1-3-9-4-5-11-12(6-9)17(15,16)8-10(14-11)7-13-2/h4-6,10,13-14H,3,7-8H2,1-2H3. The fourth-order valence-corrected chi connectivity index (χ4v) is 3.84. The van der Waals surface area contributed by atoms with Gasteiger partial charge in [-0.3, -0.25) is 0 Å². The first-order chi connectivity index (χ1) is 8.06. The number of aryl methyl sites for hydroxylation is 1. The van der Waals surface area contributed by atoms with Crippen LogP contribution in [0.2, 0.25) is 0 Å². The molecule has 2 rings (SSSR count). The molecule has 17 heavy (non-hydrogen) atoms. The fraction of sp³-hybridized carbons (Fsp3) is 0.500. The molecule has 0 radical (unpaired) electrons. The van der Waals surface area contributed by atoms with Gasteiger partial charge in [-0.2, -0.15) is 0 Å². The van der Waals surface area contributed by atoms with Crippen molar-refractivity contribution in [2.45, 2.75) is 24.3 Å². The maximum atomic E-state index is 12.2. The summed E-state index contributed by atoms with van der Waals surface area (Å²) in [6, 6.07) is 5.58. The van der Waals surface area contributed by atoms with Crippen LogP contribution in [0.15, 0.2) is 23.1 Å². The Morgan fingerprint density at radius 1 is 1.47 bits per heavy atom. The number of nitrogens with one attached hydrogen (secondary N) is 2. The van der Waals surface area contributed by atoms with E-state index in [9.17, 15) is 8.42 Å². The van der Waals surface area contributed by atoms with Crippen LogP contribution >= 0.6 is 0 Å². The summed E-state index contributed by atoms with van der Waals surface area (Å²) in [7, 11) is -1.33. The third kappa shape index (κ3) is 2.45. The van der Waals surface area contributed by atoms with Crippen molar-refractivity contribution in [2.75, 3.05) is 24.7 Å². The lowest BCUT2D eigenvalue weighted by molar-refractivity contribution is 0.580. The van der Waals surface area contributed by atoms with Gasteiger partial charge in [0.15, 0.2) is 9.84 Å².